The quantitative estimate of drug-likeness (QED) is 0.0661. The van der Waals surface area contributed by atoms with E-state index in [9.17, 15) is 4.79 Å². The highest BCUT2D eigenvalue weighted by Crippen LogP contribution is 2.40. The van der Waals surface area contributed by atoms with Gasteiger partial charge in [-0.3, -0.25) is 0 Å². The van der Waals surface area contributed by atoms with Gasteiger partial charge in [0.2, 0.25) is 0 Å². The largest absolute Gasteiger partial charge is 0.457 e. The summed E-state index contributed by atoms with van der Waals surface area (Å²) in [6, 6.07) is 39.4. The van der Waals surface area contributed by atoms with Crippen molar-refractivity contribution in [2.45, 2.75) is 94.2 Å². The summed E-state index contributed by atoms with van der Waals surface area (Å²) in [6.45, 7) is 26.3. The molecule has 3 N–H and O–H groups in total. The van der Waals surface area contributed by atoms with E-state index in [1.807, 2.05) is 27.7 Å². The van der Waals surface area contributed by atoms with E-state index < -0.39 is 0 Å². The van der Waals surface area contributed by atoms with Gasteiger partial charge in [0, 0.05) is 45.3 Å². The van der Waals surface area contributed by atoms with Crippen LogP contribution >= 0.6 is 0 Å². The minimum absolute atomic E-state index is 0.0365. The molecule has 0 heterocycles. The molecule has 0 spiro atoms. The lowest BCUT2D eigenvalue weighted by Crippen LogP contribution is -2.32. The summed E-state index contributed by atoms with van der Waals surface area (Å²) in [4.78, 5) is 12.3. The maximum Gasteiger partial charge on any atom is 0.333 e. The number of ether oxygens (including phenoxy) is 1. The van der Waals surface area contributed by atoms with Gasteiger partial charge in [-0.2, -0.15) is 0 Å². The van der Waals surface area contributed by atoms with Crippen molar-refractivity contribution in [2.75, 3.05) is 16.0 Å². The Bertz CT molecular complexity index is 2170. The summed E-state index contributed by atoms with van der Waals surface area (Å²) < 4.78 is 5.65. The first-order valence-corrected chi connectivity index (χ1v) is 19.8. The van der Waals surface area contributed by atoms with Crippen molar-refractivity contribution in [3.63, 3.8) is 0 Å². The maximum atomic E-state index is 12.3. The summed E-state index contributed by atoms with van der Waals surface area (Å²) in [5.41, 5.74) is 16.9. The molecule has 290 valence electrons. The molecule has 0 aromatic heterocycles. The van der Waals surface area contributed by atoms with Crippen LogP contribution in [0.1, 0.15) is 90.6 Å². The lowest BCUT2D eigenvalue weighted by molar-refractivity contribution is -0.143. The van der Waals surface area contributed by atoms with Crippen LogP contribution in [0.3, 0.4) is 0 Å². The highest BCUT2D eigenvalue weighted by molar-refractivity contribution is 5.97. The smallest absolute Gasteiger partial charge is 0.333 e. The number of carbonyl (C=O) groups is 1. The number of aryl methyl sites for hydroxylation is 6. The molecular weight excluding hydrogens is 687 g/mol. The summed E-state index contributed by atoms with van der Waals surface area (Å²) >= 11 is 0. The van der Waals surface area contributed by atoms with Crippen molar-refractivity contribution in [1.82, 2.24) is 0 Å². The predicted molar refractivity (Wildman–Crippen MR) is 240 cm³/mol. The molecular formula is C51H59N3O2. The molecule has 5 heteroatoms. The van der Waals surface area contributed by atoms with Crippen LogP contribution < -0.4 is 16.0 Å². The molecule has 56 heavy (non-hydrogen) atoms. The van der Waals surface area contributed by atoms with Crippen molar-refractivity contribution in [3.05, 3.63) is 171 Å². The number of hydrogen-bond acceptors (Lipinski definition) is 5. The number of nitrogens with one attached hydrogen (secondary N) is 3. The normalized spacial score (nSPS) is 12.0. The minimum atomic E-state index is -0.380. The van der Waals surface area contributed by atoms with E-state index >= 15 is 0 Å². The number of esters is 1. The number of hydrogen-bond donors (Lipinski definition) is 3. The Kier molecular flexibility index (Phi) is 13.5. The van der Waals surface area contributed by atoms with Gasteiger partial charge >= 0.3 is 5.97 Å². The molecule has 6 aromatic carbocycles. The van der Waals surface area contributed by atoms with E-state index in [1.54, 1.807) is 6.92 Å². The third-order valence-corrected chi connectivity index (χ3v) is 10.4. The first-order valence-electron chi connectivity index (χ1n) is 19.8. The van der Waals surface area contributed by atoms with Crippen LogP contribution in [0.4, 0.5) is 28.4 Å². The van der Waals surface area contributed by atoms with Crippen LogP contribution in [0.5, 0.6) is 0 Å². The zero-order chi connectivity index (χ0) is 40.7. The highest BCUT2D eigenvalue weighted by atomic mass is 16.5. The number of benzene rings is 6. The van der Waals surface area contributed by atoms with Gasteiger partial charge < -0.3 is 20.7 Å². The van der Waals surface area contributed by atoms with Gasteiger partial charge in [-0.05, 0) is 137 Å². The van der Waals surface area contributed by atoms with Gasteiger partial charge in [0.1, 0.15) is 6.10 Å². The number of rotatable bonds is 12. The molecule has 0 saturated carbocycles. The van der Waals surface area contributed by atoms with Gasteiger partial charge in [0.05, 0.1) is 6.04 Å². The Hall–Kier alpha value is -5.81. The van der Waals surface area contributed by atoms with Crippen molar-refractivity contribution >= 4 is 45.2 Å². The van der Waals surface area contributed by atoms with Crippen LogP contribution in [0.15, 0.2) is 121 Å². The molecule has 0 aliphatic heterocycles. The molecule has 6 aromatic rings. The zero-order valence-corrected chi connectivity index (χ0v) is 35.1. The summed E-state index contributed by atoms with van der Waals surface area (Å²) in [5.74, 6) is -0.416. The summed E-state index contributed by atoms with van der Waals surface area (Å²) in [6.07, 6.45) is -0.348. The fourth-order valence-electron chi connectivity index (χ4n) is 7.55. The average molecular weight is 746 g/mol. The predicted octanol–water partition coefficient (Wildman–Crippen LogP) is 13.7. The van der Waals surface area contributed by atoms with Gasteiger partial charge in [0.15, 0.2) is 0 Å². The third-order valence-electron chi connectivity index (χ3n) is 10.4. The number of fused-ring (bicyclic) bond motifs is 1. The van der Waals surface area contributed by atoms with Crippen LogP contribution in [-0.4, -0.2) is 18.1 Å². The molecule has 2 unspecified atom stereocenters. The lowest BCUT2D eigenvalue weighted by atomic mass is 9.82. The van der Waals surface area contributed by atoms with E-state index in [1.165, 1.54) is 50.1 Å². The Morgan fingerprint density at radius 1 is 0.607 bits per heavy atom. The molecule has 0 fully saturated rings. The first-order chi connectivity index (χ1) is 26.8. The van der Waals surface area contributed by atoms with Crippen LogP contribution in [0.2, 0.25) is 0 Å². The Morgan fingerprint density at radius 2 is 1.04 bits per heavy atom. The highest BCUT2D eigenvalue weighted by Gasteiger charge is 2.23. The Labute approximate surface area is 335 Å². The summed E-state index contributed by atoms with van der Waals surface area (Å²) in [5, 5.41) is 13.3. The molecule has 0 aliphatic rings. The van der Waals surface area contributed by atoms with Gasteiger partial charge in [-0.15, -0.1) is 0 Å². The Balaban J connectivity index is 0.00000295. The molecule has 0 bridgehead atoms. The molecule has 0 amide bonds. The fourth-order valence-corrected chi connectivity index (χ4v) is 7.55. The van der Waals surface area contributed by atoms with Crippen LogP contribution in [0.25, 0.3) is 10.8 Å². The molecule has 0 saturated heterocycles. The molecule has 6 rings (SSSR count). The maximum absolute atomic E-state index is 12.3. The Morgan fingerprint density at radius 3 is 1.46 bits per heavy atom. The van der Waals surface area contributed by atoms with Crippen LogP contribution in [0, 0.1) is 41.5 Å². The monoisotopic (exact) mass is 745 g/mol. The van der Waals surface area contributed by atoms with E-state index in [0.29, 0.717) is 5.57 Å². The molecule has 0 radical (unpaired) electrons. The topological polar surface area (TPSA) is 62.4 Å². The van der Waals surface area contributed by atoms with Crippen molar-refractivity contribution in [3.8, 4) is 0 Å². The van der Waals surface area contributed by atoms with Crippen molar-refractivity contribution < 1.29 is 9.53 Å². The van der Waals surface area contributed by atoms with E-state index in [4.69, 9.17) is 4.74 Å². The van der Waals surface area contributed by atoms with Crippen molar-refractivity contribution in [2.24, 2.45) is 0 Å². The fraction of sp³-hybridized carbons (Fsp3) is 0.275. The minimum Gasteiger partial charge on any atom is -0.457 e. The van der Waals surface area contributed by atoms with Crippen LogP contribution in [-0.2, 0) is 9.53 Å². The SMILES string of the molecule is C=C(C)C(=O)OC(C)C(C)Nc1ccc(C(c2ccc(Nc3c(C)cc(C)cc3C)cc2)c2ccc(Nc3c(C)cc(C)cc3C)cc2)c2ccccc12.CC. The molecule has 5 nitrogen and oxygen atoms in total. The lowest BCUT2D eigenvalue weighted by Gasteiger charge is -2.26. The van der Waals surface area contributed by atoms with E-state index in [-0.39, 0.29) is 24.0 Å². The van der Waals surface area contributed by atoms with Gasteiger partial charge in [0.25, 0.3) is 0 Å². The van der Waals surface area contributed by atoms with E-state index in [2.05, 4.69) is 173 Å². The second kappa shape index (κ2) is 18.2. The number of carbonyl (C=O) groups excluding carboxylic acids is 1. The third kappa shape index (κ3) is 9.52. The number of anilines is 5. The first kappa shape index (κ1) is 41.4. The molecule has 2 atom stereocenters. The summed E-state index contributed by atoms with van der Waals surface area (Å²) in [7, 11) is 0. The second-order valence-electron chi connectivity index (χ2n) is 15.0. The second-order valence-corrected chi connectivity index (χ2v) is 15.0. The van der Waals surface area contributed by atoms with Gasteiger partial charge in [-0.1, -0.05) is 110 Å². The van der Waals surface area contributed by atoms with Crippen molar-refractivity contribution in [1.29, 1.82) is 0 Å². The molecule has 0 aliphatic carbocycles. The average Bonchev–Trinajstić information content (AvgIpc) is 3.17. The zero-order valence-electron chi connectivity index (χ0n) is 35.1. The van der Waals surface area contributed by atoms with Gasteiger partial charge in [-0.25, -0.2) is 4.79 Å². The standard InChI is InChI=1S/C49H53N3O2.C2H6/c1-29(2)49(53)54-37(10)36(9)50-45-24-23-44(42-13-11-12-14-43(42)45)46(38-15-19-40(20-16-38)51-47-32(5)25-30(3)26-33(47)6)39-17-21-41(22-18-39)52-48-34(7)27-31(4)28-35(48)8;1-2/h11-28,36-37,46,50-52H,1H2,2-10H3;1-2H3. The van der Waals surface area contributed by atoms with E-state index in [0.717, 1.165) is 39.2 Å².